The molecule has 0 spiro atoms. The Morgan fingerprint density at radius 3 is 3.00 bits per heavy atom. The number of nitrogens with one attached hydrogen (secondary N) is 1. The van der Waals surface area contributed by atoms with E-state index in [1.54, 1.807) is 18.5 Å². The summed E-state index contributed by atoms with van der Waals surface area (Å²) in [7, 11) is 0. The quantitative estimate of drug-likeness (QED) is 0.838. The lowest BCUT2D eigenvalue weighted by Crippen LogP contribution is -1.89. The number of aromatic nitrogens is 2. The maximum atomic E-state index is 10.8. The van der Waals surface area contributed by atoms with Crippen LogP contribution in [0.15, 0.2) is 18.5 Å². The molecule has 2 heterocycles. The van der Waals surface area contributed by atoms with Crippen molar-refractivity contribution in [3.8, 4) is 11.1 Å². The van der Waals surface area contributed by atoms with Crippen molar-refractivity contribution >= 4 is 17.3 Å². The zero-order chi connectivity index (χ0) is 10.8. The summed E-state index contributed by atoms with van der Waals surface area (Å²) in [4.78, 5) is 12.3. The molecule has 4 nitrogen and oxygen atoms in total. The summed E-state index contributed by atoms with van der Waals surface area (Å²) in [6, 6.07) is 1.71. The van der Waals surface area contributed by atoms with Crippen molar-refractivity contribution < 1.29 is 9.90 Å². The molecule has 0 radical (unpaired) electrons. The van der Waals surface area contributed by atoms with Gasteiger partial charge in [0.05, 0.1) is 6.20 Å². The average molecular weight is 222 g/mol. The molecule has 0 bridgehead atoms. The highest BCUT2D eigenvalue weighted by Crippen LogP contribution is 2.31. The van der Waals surface area contributed by atoms with Crippen LogP contribution in [0.2, 0.25) is 0 Å². The fraction of sp³-hybridized carbons (Fsp3) is 0.200. The molecule has 15 heavy (non-hydrogen) atoms. The number of aromatic amines is 1. The zero-order valence-corrected chi connectivity index (χ0v) is 8.97. The van der Waals surface area contributed by atoms with Gasteiger partial charge in [-0.15, -0.1) is 11.3 Å². The second-order valence-electron chi connectivity index (χ2n) is 3.09. The van der Waals surface area contributed by atoms with Crippen LogP contribution in [0.4, 0.5) is 0 Å². The second kappa shape index (κ2) is 3.86. The molecule has 0 saturated heterocycles. The van der Waals surface area contributed by atoms with Crippen LogP contribution in [0.25, 0.3) is 11.1 Å². The number of thiophene rings is 1. The number of carbonyl (C=O) groups is 1. The molecule has 78 valence electrons. The molecule has 0 saturated carbocycles. The highest BCUT2D eigenvalue weighted by atomic mass is 32.1. The Morgan fingerprint density at radius 1 is 1.67 bits per heavy atom. The number of hydrogen-bond donors (Lipinski definition) is 2. The van der Waals surface area contributed by atoms with Gasteiger partial charge in [0.15, 0.2) is 0 Å². The highest BCUT2D eigenvalue weighted by Gasteiger charge is 2.14. The highest BCUT2D eigenvalue weighted by molar-refractivity contribution is 7.14. The summed E-state index contributed by atoms with van der Waals surface area (Å²) in [5.41, 5.74) is 1.91. The summed E-state index contributed by atoms with van der Waals surface area (Å²) in [6.07, 6.45) is 4.30. The fourth-order valence-corrected chi connectivity index (χ4v) is 2.40. The number of carboxylic acid groups (broad SMARTS) is 1. The molecule has 0 amide bonds. The normalized spacial score (nSPS) is 10.5. The SMILES string of the molecule is CCc1sc(C(=O)O)cc1-c1cn[nH]c1. The van der Waals surface area contributed by atoms with Gasteiger partial charge in [-0.05, 0) is 18.1 Å². The average Bonchev–Trinajstić information content (AvgIpc) is 2.86. The lowest BCUT2D eigenvalue weighted by molar-refractivity contribution is 0.0702. The van der Waals surface area contributed by atoms with Crippen molar-refractivity contribution in [2.45, 2.75) is 13.3 Å². The van der Waals surface area contributed by atoms with Crippen LogP contribution in [0, 0.1) is 0 Å². The van der Waals surface area contributed by atoms with Crippen LogP contribution in [-0.2, 0) is 6.42 Å². The summed E-state index contributed by atoms with van der Waals surface area (Å²) in [6.45, 7) is 2.01. The number of rotatable bonds is 3. The molecule has 0 aliphatic heterocycles. The summed E-state index contributed by atoms with van der Waals surface area (Å²) < 4.78 is 0. The topological polar surface area (TPSA) is 66.0 Å². The van der Waals surface area contributed by atoms with Crippen molar-refractivity contribution in [3.63, 3.8) is 0 Å². The van der Waals surface area contributed by atoms with E-state index in [2.05, 4.69) is 10.2 Å². The predicted octanol–water partition coefficient (Wildman–Crippen LogP) is 2.40. The maximum Gasteiger partial charge on any atom is 0.345 e. The Bertz CT molecular complexity index is 474. The lowest BCUT2D eigenvalue weighted by Gasteiger charge is -1.95. The molecule has 0 fully saturated rings. The molecule has 0 aliphatic rings. The van der Waals surface area contributed by atoms with E-state index in [1.807, 2.05) is 6.92 Å². The van der Waals surface area contributed by atoms with Crippen LogP contribution in [0.1, 0.15) is 21.5 Å². The molecule has 2 N–H and O–H groups in total. The summed E-state index contributed by atoms with van der Waals surface area (Å²) in [5.74, 6) is -0.871. The third-order valence-electron chi connectivity index (χ3n) is 2.15. The van der Waals surface area contributed by atoms with Crippen molar-refractivity contribution in [1.29, 1.82) is 0 Å². The largest absolute Gasteiger partial charge is 0.477 e. The number of nitrogens with zero attached hydrogens (tertiary/aromatic N) is 1. The first-order valence-electron chi connectivity index (χ1n) is 4.57. The van der Waals surface area contributed by atoms with Crippen LogP contribution in [0.5, 0.6) is 0 Å². The molecular weight excluding hydrogens is 212 g/mol. The minimum absolute atomic E-state index is 0.378. The Morgan fingerprint density at radius 2 is 2.47 bits per heavy atom. The van der Waals surface area contributed by atoms with Gasteiger partial charge in [-0.1, -0.05) is 6.92 Å². The van der Waals surface area contributed by atoms with Gasteiger partial charge in [0, 0.05) is 16.6 Å². The number of aryl methyl sites for hydroxylation is 1. The minimum atomic E-state index is -0.871. The van der Waals surface area contributed by atoms with Gasteiger partial charge >= 0.3 is 5.97 Å². The fourth-order valence-electron chi connectivity index (χ4n) is 1.44. The number of carboxylic acids is 1. The van der Waals surface area contributed by atoms with Crippen LogP contribution in [0.3, 0.4) is 0 Å². The zero-order valence-electron chi connectivity index (χ0n) is 8.15. The first-order valence-corrected chi connectivity index (χ1v) is 5.39. The first-order chi connectivity index (χ1) is 7.22. The number of aromatic carboxylic acids is 1. The third kappa shape index (κ3) is 1.78. The van der Waals surface area contributed by atoms with Crippen LogP contribution < -0.4 is 0 Å². The lowest BCUT2D eigenvalue weighted by atomic mass is 10.1. The molecule has 2 aromatic heterocycles. The van der Waals surface area contributed by atoms with E-state index in [0.717, 1.165) is 22.4 Å². The Balaban J connectivity index is 2.51. The summed E-state index contributed by atoms with van der Waals surface area (Å²) in [5, 5.41) is 15.5. The number of hydrogen-bond acceptors (Lipinski definition) is 3. The van der Waals surface area contributed by atoms with Crippen molar-refractivity contribution in [2.24, 2.45) is 0 Å². The molecule has 0 aliphatic carbocycles. The molecule has 5 heteroatoms. The maximum absolute atomic E-state index is 10.8. The van der Waals surface area contributed by atoms with Crippen LogP contribution >= 0.6 is 11.3 Å². The molecule has 0 unspecified atom stereocenters. The Kier molecular flexibility index (Phi) is 2.55. The van der Waals surface area contributed by atoms with E-state index in [9.17, 15) is 4.79 Å². The van der Waals surface area contributed by atoms with Crippen molar-refractivity contribution in [3.05, 3.63) is 28.2 Å². The number of H-pyrrole nitrogens is 1. The second-order valence-corrected chi connectivity index (χ2v) is 4.23. The molecule has 2 rings (SSSR count). The van der Waals surface area contributed by atoms with Gasteiger partial charge in [-0.25, -0.2) is 4.79 Å². The van der Waals surface area contributed by atoms with E-state index in [0.29, 0.717) is 4.88 Å². The Hall–Kier alpha value is -1.62. The van der Waals surface area contributed by atoms with E-state index in [4.69, 9.17) is 5.11 Å². The van der Waals surface area contributed by atoms with E-state index in [-0.39, 0.29) is 0 Å². The summed E-state index contributed by atoms with van der Waals surface area (Å²) >= 11 is 1.32. The molecule has 2 aromatic rings. The van der Waals surface area contributed by atoms with Crippen molar-refractivity contribution in [1.82, 2.24) is 10.2 Å². The van der Waals surface area contributed by atoms with Gasteiger partial charge in [0.2, 0.25) is 0 Å². The smallest absolute Gasteiger partial charge is 0.345 e. The van der Waals surface area contributed by atoms with Gasteiger partial charge in [-0.3, -0.25) is 5.10 Å². The van der Waals surface area contributed by atoms with Gasteiger partial charge < -0.3 is 5.11 Å². The van der Waals surface area contributed by atoms with E-state index >= 15 is 0 Å². The van der Waals surface area contributed by atoms with Gasteiger partial charge in [-0.2, -0.15) is 5.10 Å². The molecule has 0 aromatic carbocycles. The minimum Gasteiger partial charge on any atom is -0.477 e. The van der Waals surface area contributed by atoms with Gasteiger partial charge in [0.25, 0.3) is 0 Å². The van der Waals surface area contributed by atoms with Gasteiger partial charge in [0.1, 0.15) is 4.88 Å². The Labute approximate surface area is 90.6 Å². The monoisotopic (exact) mass is 222 g/mol. The standard InChI is InChI=1S/C10H10N2O2S/c1-2-8-7(6-4-11-12-5-6)3-9(15-8)10(13)14/h3-5H,2H2,1H3,(H,11,12)(H,13,14). The van der Waals surface area contributed by atoms with E-state index < -0.39 is 5.97 Å². The molecule has 0 atom stereocenters. The first kappa shape index (κ1) is 9.92. The van der Waals surface area contributed by atoms with E-state index in [1.165, 1.54) is 11.3 Å². The predicted molar refractivity (Wildman–Crippen MR) is 58.2 cm³/mol. The third-order valence-corrected chi connectivity index (χ3v) is 3.42. The van der Waals surface area contributed by atoms with Crippen molar-refractivity contribution in [2.75, 3.05) is 0 Å². The molecular formula is C10H10N2O2S. The van der Waals surface area contributed by atoms with Crippen LogP contribution in [-0.4, -0.2) is 21.3 Å².